The van der Waals surface area contributed by atoms with Crippen molar-refractivity contribution >= 4 is 0 Å². The number of ether oxygens (including phenoxy) is 1. The minimum absolute atomic E-state index is 0.237. The van der Waals surface area contributed by atoms with Gasteiger partial charge in [-0.05, 0) is 25.0 Å². The van der Waals surface area contributed by atoms with Gasteiger partial charge < -0.3 is 9.84 Å². The second-order valence-electron chi connectivity index (χ2n) is 4.94. The van der Waals surface area contributed by atoms with Crippen molar-refractivity contribution in [2.45, 2.75) is 33.9 Å². The smallest absolute Gasteiger partial charge is 0.164 e. The van der Waals surface area contributed by atoms with Gasteiger partial charge in [-0.15, -0.1) is 0 Å². The van der Waals surface area contributed by atoms with Gasteiger partial charge in [0, 0.05) is 12.1 Å². The van der Waals surface area contributed by atoms with Crippen LogP contribution in [0.25, 0.3) is 0 Å². The quantitative estimate of drug-likeness (QED) is 0.898. The molecule has 0 unspecified atom stereocenters. The topological polar surface area (TPSA) is 60.2 Å². The molecule has 1 aromatic carbocycles. The Bertz CT molecular complexity index is 549. The average molecular weight is 261 g/mol. The lowest BCUT2D eigenvalue weighted by Crippen LogP contribution is -2.12. The number of aromatic hydroxyl groups is 1. The first-order valence-electron chi connectivity index (χ1n) is 6.36. The molecular weight excluding hydrogens is 242 g/mol. The van der Waals surface area contributed by atoms with Crippen LogP contribution < -0.4 is 4.74 Å². The van der Waals surface area contributed by atoms with Crippen molar-refractivity contribution in [3.05, 3.63) is 35.9 Å². The van der Waals surface area contributed by atoms with Gasteiger partial charge in [-0.1, -0.05) is 19.9 Å². The number of phenolic OH excluding ortho intramolecular Hbond substituents is 1. The Labute approximate surface area is 112 Å². The molecule has 2 aromatic rings. The number of aromatic nitrogens is 3. The summed E-state index contributed by atoms with van der Waals surface area (Å²) in [5.74, 6) is 2.19. The predicted octanol–water partition coefficient (Wildman–Crippen LogP) is 2.53. The molecule has 0 aliphatic rings. The molecule has 5 nitrogen and oxygen atoms in total. The predicted molar refractivity (Wildman–Crippen MR) is 72.0 cm³/mol. The summed E-state index contributed by atoms with van der Waals surface area (Å²) in [6.07, 6.45) is 1.54. The molecule has 19 heavy (non-hydrogen) atoms. The molecule has 2 rings (SSSR count). The van der Waals surface area contributed by atoms with Crippen LogP contribution in [0.5, 0.6) is 11.5 Å². The van der Waals surface area contributed by atoms with Crippen molar-refractivity contribution in [2.75, 3.05) is 0 Å². The minimum Gasteiger partial charge on any atom is -0.508 e. The van der Waals surface area contributed by atoms with Crippen LogP contribution in [0, 0.1) is 12.8 Å². The van der Waals surface area contributed by atoms with Crippen molar-refractivity contribution in [3.63, 3.8) is 0 Å². The largest absolute Gasteiger partial charge is 0.508 e. The zero-order valence-electron chi connectivity index (χ0n) is 11.5. The Morgan fingerprint density at radius 3 is 2.89 bits per heavy atom. The van der Waals surface area contributed by atoms with E-state index in [0.29, 0.717) is 18.3 Å². The molecule has 1 N–H and O–H groups in total. The van der Waals surface area contributed by atoms with Crippen LogP contribution in [0.2, 0.25) is 0 Å². The van der Waals surface area contributed by atoms with Gasteiger partial charge in [-0.25, -0.2) is 9.67 Å². The average Bonchev–Trinajstić information content (AvgIpc) is 2.78. The van der Waals surface area contributed by atoms with E-state index in [9.17, 15) is 5.11 Å². The molecule has 0 fully saturated rings. The van der Waals surface area contributed by atoms with E-state index < -0.39 is 0 Å². The van der Waals surface area contributed by atoms with Gasteiger partial charge in [0.15, 0.2) is 5.82 Å². The molecule has 0 amide bonds. The van der Waals surface area contributed by atoms with Gasteiger partial charge in [-0.2, -0.15) is 5.10 Å². The van der Waals surface area contributed by atoms with E-state index in [1.54, 1.807) is 12.1 Å². The van der Waals surface area contributed by atoms with E-state index in [-0.39, 0.29) is 5.75 Å². The van der Waals surface area contributed by atoms with Gasteiger partial charge in [0.05, 0.1) is 0 Å². The summed E-state index contributed by atoms with van der Waals surface area (Å²) in [4.78, 5) is 4.20. The molecule has 0 spiro atoms. The number of benzene rings is 1. The van der Waals surface area contributed by atoms with E-state index >= 15 is 0 Å². The fourth-order valence-electron chi connectivity index (χ4n) is 1.80. The standard InChI is InChI=1S/C14H19N3O2/c1-10(2)7-17-14(15-9-16-17)8-19-13-6-4-5-12(18)11(13)3/h4-6,9-10,18H,7-8H2,1-3H3. The van der Waals surface area contributed by atoms with Crippen LogP contribution in [-0.4, -0.2) is 19.9 Å². The lowest BCUT2D eigenvalue weighted by atomic mass is 10.2. The second kappa shape index (κ2) is 5.73. The molecule has 0 aliphatic carbocycles. The first-order valence-corrected chi connectivity index (χ1v) is 6.36. The Hall–Kier alpha value is -2.04. The van der Waals surface area contributed by atoms with Crippen LogP contribution in [-0.2, 0) is 13.2 Å². The number of hydrogen-bond donors (Lipinski definition) is 1. The lowest BCUT2D eigenvalue weighted by Gasteiger charge is -2.11. The van der Waals surface area contributed by atoms with Gasteiger partial charge in [0.1, 0.15) is 24.4 Å². The van der Waals surface area contributed by atoms with Crippen LogP contribution in [0.4, 0.5) is 0 Å². The molecule has 0 saturated carbocycles. The fraction of sp³-hybridized carbons (Fsp3) is 0.429. The highest BCUT2D eigenvalue weighted by Crippen LogP contribution is 2.26. The minimum atomic E-state index is 0.237. The van der Waals surface area contributed by atoms with E-state index in [1.165, 1.54) is 6.33 Å². The monoisotopic (exact) mass is 261 g/mol. The SMILES string of the molecule is Cc1c(O)cccc1OCc1ncnn1CC(C)C. The Morgan fingerprint density at radius 2 is 2.16 bits per heavy atom. The highest BCUT2D eigenvalue weighted by molar-refractivity contribution is 5.42. The molecule has 0 atom stereocenters. The van der Waals surface area contributed by atoms with Gasteiger partial charge >= 0.3 is 0 Å². The zero-order valence-corrected chi connectivity index (χ0v) is 11.5. The van der Waals surface area contributed by atoms with Crippen molar-refractivity contribution in [3.8, 4) is 11.5 Å². The van der Waals surface area contributed by atoms with E-state index in [2.05, 4.69) is 23.9 Å². The molecule has 1 heterocycles. The van der Waals surface area contributed by atoms with E-state index in [1.807, 2.05) is 17.7 Å². The highest BCUT2D eigenvalue weighted by atomic mass is 16.5. The maximum absolute atomic E-state index is 9.62. The molecule has 0 bridgehead atoms. The molecule has 1 aromatic heterocycles. The summed E-state index contributed by atoms with van der Waals surface area (Å²) < 4.78 is 7.55. The van der Waals surface area contributed by atoms with Crippen molar-refractivity contribution in [1.82, 2.24) is 14.8 Å². The van der Waals surface area contributed by atoms with Gasteiger partial charge in [0.25, 0.3) is 0 Å². The van der Waals surface area contributed by atoms with Crippen molar-refractivity contribution in [1.29, 1.82) is 0 Å². The summed E-state index contributed by atoms with van der Waals surface area (Å²) in [5, 5.41) is 13.8. The number of hydrogen-bond acceptors (Lipinski definition) is 4. The van der Waals surface area contributed by atoms with Crippen molar-refractivity contribution < 1.29 is 9.84 Å². The van der Waals surface area contributed by atoms with Crippen LogP contribution >= 0.6 is 0 Å². The van der Waals surface area contributed by atoms with E-state index in [0.717, 1.165) is 17.9 Å². The Kier molecular flexibility index (Phi) is 4.04. The number of rotatable bonds is 5. The summed E-state index contributed by atoms with van der Waals surface area (Å²) >= 11 is 0. The molecule has 0 aliphatic heterocycles. The third-order valence-corrected chi connectivity index (χ3v) is 2.85. The third kappa shape index (κ3) is 3.24. The number of phenols is 1. The summed E-state index contributed by atoms with van der Waals surface area (Å²) in [6.45, 7) is 7.25. The van der Waals surface area contributed by atoms with Crippen molar-refractivity contribution in [2.24, 2.45) is 5.92 Å². The highest BCUT2D eigenvalue weighted by Gasteiger charge is 2.09. The number of nitrogens with zero attached hydrogens (tertiary/aromatic N) is 3. The first-order chi connectivity index (χ1) is 9.08. The summed E-state index contributed by atoms with van der Waals surface area (Å²) in [7, 11) is 0. The Balaban J connectivity index is 2.06. The molecule has 5 heteroatoms. The zero-order chi connectivity index (χ0) is 13.8. The molecular formula is C14H19N3O2. The maximum Gasteiger partial charge on any atom is 0.164 e. The fourth-order valence-corrected chi connectivity index (χ4v) is 1.80. The maximum atomic E-state index is 9.62. The first kappa shape index (κ1) is 13.4. The van der Waals surface area contributed by atoms with Gasteiger partial charge in [0.2, 0.25) is 0 Å². The molecule has 0 radical (unpaired) electrons. The van der Waals surface area contributed by atoms with Crippen LogP contribution in [0.1, 0.15) is 25.2 Å². The summed E-state index contributed by atoms with van der Waals surface area (Å²) in [6, 6.07) is 5.23. The Morgan fingerprint density at radius 1 is 1.37 bits per heavy atom. The molecule has 102 valence electrons. The lowest BCUT2D eigenvalue weighted by molar-refractivity contribution is 0.279. The van der Waals surface area contributed by atoms with E-state index in [4.69, 9.17) is 4.74 Å². The normalized spacial score (nSPS) is 10.9. The third-order valence-electron chi connectivity index (χ3n) is 2.85. The van der Waals surface area contributed by atoms with Crippen LogP contribution in [0.15, 0.2) is 24.5 Å². The van der Waals surface area contributed by atoms with Gasteiger partial charge in [-0.3, -0.25) is 0 Å². The second-order valence-corrected chi connectivity index (χ2v) is 4.94. The summed E-state index contributed by atoms with van der Waals surface area (Å²) in [5.41, 5.74) is 0.734. The molecule has 0 saturated heterocycles. The van der Waals surface area contributed by atoms with Crippen LogP contribution in [0.3, 0.4) is 0 Å².